The summed E-state index contributed by atoms with van der Waals surface area (Å²) in [5.41, 5.74) is 1.50. The Balaban J connectivity index is 1.62. The largest absolute Gasteiger partial charge is 0.369 e. The molecule has 1 heterocycles. The summed E-state index contributed by atoms with van der Waals surface area (Å²) in [6.07, 6.45) is 5.18. The van der Waals surface area contributed by atoms with E-state index in [4.69, 9.17) is 11.6 Å². The average molecular weight is 371 g/mol. The van der Waals surface area contributed by atoms with Gasteiger partial charge in [-0.2, -0.15) is 4.98 Å². The molecule has 1 saturated carbocycles. The molecular weight excluding hydrogens is 351 g/mol. The number of rotatable bonds is 5. The molecule has 6 heteroatoms. The summed E-state index contributed by atoms with van der Waals surface area (Å²) in [5, 5.41) is 7.68. The van der Waals surface area contributed by atoms with E-state index in [-0.39, 0.29) is 5.02 Å². The van der Waals surface area contributed by atoms with Crippen LogP contribution >= 0.6 is 11.6 Å². The predicted octanol–water partition coefficient (Wildman–Crippen LogP) is 5.77. The van der Waals surface area contributed by atoms with Crippen LogP contribution in [0.1, 0.15) is 25.7 Å². The first-order chi connectivity index (χ1) is 12.7. The van der Waals surface area contributed by atoms with Crippen molar-refractivity contribution in [1.82, 2.24) is 9.97 Å². The summed E-state index contributed by atoms with van der Waals surface area (Å²) in [6.45, 7) is 0.919. The lowest BCUT2D eigenvalue weighted by Crippen LogP contribution is -2.13. The van der Waals surface area contributed by atoms with Gasteiger partial charge < -0.3 is 10.6 Å². The molecule has 2 N–H and O–H groups in total. The van der Waals surface area contributed by atoms with Crippen molar-refractivity contribution in [1.29, 1.82) is 0 Å². The summed E-state index contributed by atoms with van der Waals surface area (Å²) < 4.78 is 13.4. The van der Waals surface area contributed by atoms with Crippen molar-refractivity contribution in [2.24, 2.45) is 5.92 Å². The Morgan fingerprint density at radius 2 is 1.88 bits per heavy atom. The van der Waals surface area contributed by atoms with Gasteiger partial charge in [0.05, 0.1) is 10.5 Å². The van der Waals surface area contributed by atoms with Crippen LogP contribution in [0.15, 0.2) is 42.5 Å². The van der Waals surface area contributed by atoms with Crippen molar-refractivity contribution >= 4 is 40.0 Å². The molecule has 1 aliphatic rings. The molecule has 4 rings (SSSR count). The molecule has 0 atom stereocenters. The Morgan fingerprint density at radius 3 is 2.69 bits per heavy atom. The summed E-state index contributed by atoms with van der Waals surface area (Å²) in [5.74, 6) is 1.53. The highest BCUT2D eigenvalue weighted by Gasteiger charge is 2.16. The third-order valence-electron chi connectivity index (χ3n) is 4.81. The van der Waals surface area contributed by atoms with Crippen LogP contribution < -0.4 is 10.6 Å². The number of hydrogen-bond acceptors (Lipinski definition) is 4. The molecule has 0 unspecified atom stereocenters. The first-order valence-corrected chi connectivity index (χ1v) is 9.29. The number of hydrogen-bond donors (Lipinski definition) is 2. The number of para-hydroxylation sites is 1. The molecule has 0 aliphatic heterocycles. The summed E-state index contributed by atoms with van der Waals surface area (Å²) in [6, 6.07) is 12.4. The molecule has 3 aromatic rings. The summed E-state index contributed by atoms with van der Waals surface area (Å²) in [4.78, 5) is 9.20. The fourth-order valence-electron chi connectivity index (χ4n) is 3.43. The lowest BCUT2D eigenvalue weighted by Gasteiger charge is -2.14. The summed E-state index contributed by atoms with van der Waals surface area (Å²) >= 11 is 5.86. The molecule has 1 fully saturated rings. The van der Waals surface area contributed by atoms with Gasteiger partial charge in [-0.1, -0.05) is 36.6 Å². The van der Waals surface area contributed by atoms with E-state index in [0.717, 1.165) is 23.3 Å². The van der Waals surface area contributed by atoms with Crippen molar-refractivity contribution in [2.45, 2.75) is 25.7 Å². The molecule has 0 spiro atoms. The monoisotopic (exact) mass is 370 g/mol. The molecule has 26 heavy (non-hydrogen) atoms. The first-order valence-electron chi connectivity index (χ1n) is 8.92. The van der Waals surface area contributed by atoms with E-state index in [0.29, 0.717) is 17.6 Å². The van der Waals surface area contributed by atoms with Crippen LogP contribution in [0.2, 0.25) is 5.02 Å². The molecule has 0 radical (unpaired) electrons. The van der Waals surface area contributed by atoms with Crippen LogP contribution in [0.4, 0.5) is 21.8 Å². The number of nitrogens with one attached hydrogen (secondary N) is 2. The van der Waals surface area contributed by atoms with Crippen LogP contribution in [0, 0.1) is 11.7 Å². The number of anilines is 3. The van der Waals surface area contributed by atoms with Gasteiger partial charge in [0, 0.05) is 17.6 Å². The molecule has 0 saturated heterocycles. The van der Waals surface area contributed by atoms with Crippen molar-refractivity contribution in [3.63, 3.8) is 0 Å². The van der Waals surface area contributed by atoms with Gasteiger partial charge in [-0.3, -0.25) is 0 Å². The van der Waals surface area contributed by atoms with E-state index in [1.165, 1.54) is 37.8 Å². The molecule has 1 aromatic heterocycles. The second-order valence-electron chi connectivity index (χ2n) is 6.70. The zero-order chi connectivity index (χ0) is 17.9. The van der Waals surface area contributed by atoms with Gasteiger partial charge in [0.1, 0.15) is 11.6 Å². The fraction of sp³-hybridized carbons (Fsp3) is 0.300. The Morgan fingerprint density at radius 1 is 1.08 bits per heavy atom. The maximum Gasteiger partial charge on any atom is 0.229 e. The van der Waals surface area contributed by atoms with Crippen LogP contribution in [0.5, 0.6) is 0 Å². The zero-order valence-corrected chi connectivity index (χ0v) is 15.1. The molecule has 4 nitrogen and oxygen atoms in total. The van der Waals surface area contributed by atoms with Gasteiger partial charge in [-0.15, -0.1) is 0 Å². The highest BCUT2D eigenvalue weighted by Crippen LogP contribution is 2.28. The van der Waals surface area contributed by atoms with Crippen LogP contribution in [-0.2, 0) is 0 Å². The predicted molar refractivity (Wildman–Crippen MR) is 105 cm³/mol. The Labute approximate surface area is 156 Å². The maximum absolute atomic E-state index is 13.4. The topological polar surface area (TPSA) is 49.8 Å². The quantitative estimate of drug-likeness (QED) is 0.598. The zero-order valence-electron chi connectivity index (χ0n) is 14.3. The third-order valence-corrected chi connectivity index (χ3v) is 5.10. The SMILES string of the molecule is Fc1ccc(Nc2nc(NCC3CCCC3)c3ccccc3n2)cc1Cl. The molecular formula is C20H20ClFN4. The second kappa shape index (κ2) is 7.46. The highest BCUT2D eigenvalue weighted by atomic mass is 35.5. The Bertz CT molecular complexity index is 925. The Hall–Kier alpha value is -2.40. The van der Waals surface area contributed by atoms with Crippen molar-refractivity contribution < 1.29 is 4.39 Å². The van der Waals surface area contributed by atoms with Gasteiger partial charge in [0.25, 0.3) is 0 Å². The van der Waals surface area contributed by atoms with Gasteiger partial charge in [0.2, 0.25) is 5.95 Å². The fourth-order valence-corrected chi connectivity index (χ4v) is 3.61. The van der Waals surface area contributed by atoms with E-state index < -0.39 is 5.82 Å². The smallest absolute Gasteiger partial charge is 0.229 e. The lowest BCUT2D eigenvalue weighted by atomic mass is 10.1. The normalized spacial score (nSPS) is 14.7. The van der Waals surface area contributed by atoms with E-state index in [2.05, 4.69) is 20.6 Å². The minimum absolute atomic E-state index is 0.0652. The highest BCUT2D eigenvalue weighted by molar-refractivity contribution is 6.31. The number of halogens is 2. The summed E-state index contributed by atoms with van der Waals surface area (Å²) in [7, 11) is 0. The van der Waals surface area contributed by atoms with Crippen LogP contribution in [-0.4, -0.2) is 16.5 Å². The third kappa shape index (κ3) is 3.73. The minimum atomic E-state index is -0.449. The molecule has 134 valence electrons. The van der Waals surface area contributed by atoms with E-state index in [1.54, 1.807) is 6.07 Å². The number of nitrogens with zero attached hydrogens (tertiary/aromatic N) is 2. The molecule has 1 aliphatic carbocycles. The van der Waals surface area contributed by atoms with Crippen molar-refractivity contribution in [3.05, 3.63) is 53.3 Å². The number of fused-ring (bicyclic) bond motifs is 1. The van der Waals surface area contributed by atoms with Crippen LogP contribution in [0.25, 0.3) is 10.9 Å². The van der Waals surface area contributed by atoms with Gasteiger partial charge >= 0.3 is 0 Å². The van der Waals surface area contributed by atoms with Gasteiger partial charge in [-0.05, 0) is 49.1 Å². The van der Waals surface area contributed by atoms with Gasteiger partial charge in [-0.25, -0.2) is 9.37 Å². The average Bonchev–Trinajstić information content (AvgIpc) is 3.16. The minimum Gasteiger partial charge on any atom is -0.369 e. The number of benzene rings is 2. The van der Waals surface area contributed by atoms with E-state index >= 15 is 0 Å². The molecule has 0 amide bonds. The van der Waals surface area contributed by atoms with Crippen molar-refractivity contribution in [3.8, 4) is 0 Å². The van der Waals surface area contributed by atoms with E-state index in [1.807, 2.05) is 24.3 Å². The maximum atomic E-state index is 13.4. The van der Waals surface area contributed by atoms with E-state index in [9.17, 15) is 4.39 Å². The molecule has 0 bridgehead atoms. The second-order valence-corrected chi connectivity index (χ2v) is 7.11. The lowest BCUT2D eigenvalue weighted by molar-refractivity contribution is 0.579. The van der Waals surface area contributed by atoms with Gasteiger partial charge in [0.15, 0.2) is 0 Å². The molecule has 2 aromatic carbocycles. The van der Waals surface area contributed by atoms with Crippen molar-refractivity contribution in [2.75, 3.05) is 17.2 Å². The Kier molecular flexibility index (Phi) is 4.89. The van der Waals surface area contributed by atoms with Crippen LogP contribution in [0.3, 0.4) is 0 Å². The number of aromatic nitrogens is 2. The first kappa shape index (κ1) is 17.0. The standard InChI is InChI=1S/C20H20ClFN4/c21-16-11-14(9-10-17(16)22)24-20-25-18-8-4-3-7-15(18)19(26-20)23-12-13-5-1-2-6-13/h3-4,7-11,13H,1-2,5-6,12H2,(H2,23,24,25,26).